The zero-order valence-electron chi connectivity index (χ0n) is 6.99. The monoisotopic (exact) mass is 238 g/mol. The van der Waals surface area contributed by atoms with E-state index in [2.05, 4.69) is 20.9 Å². The summed E-state index contributed by atoms with van der Waals surface area (Å²) in [5.41, 5.74) is 0.835. The van der Waals surface area contributed by atoms with Gasteiger partial charge in [0.25, 0.3) is 0 Å². The Morgan fingerprint density at radius 3 is 3.00 bits per heavy atom. The number of aromatic nitrogens is 2. The lowest BCUT2D eigenvalue weighted by Crippen LogP contribution is -2.02. The summed E-state index contributed by atoms with van der Waals surface area (Å²) in [5, 5.41) is 1.00. The van der Waals surface area contributed by atoms with E-state index in [4.69, 9.17) is 0 Å². The molecule has 0 saturated carbocycles. The molecule has 4 heteroatoms. The molecule has 2 heterocycles. The summed E-state index contributed by atoms with van der Waals surface area (Å²) in [6.07, 6.45) is 5.15. The van der Waals surface area contributed by atoms with Gasteiger partial charge in [-0.25, -0.2) is 0 Å². The number of hydrogen-bond donors (Lipinski definition) is 0. The van der Waals surface area contributed by atoms with Gasteiger partial charge in [-0.05, 0) is 22.0 Å². The Kier molecular flexibility index (Phi) is 1.92. The van der Waals surface area contributed by atoms with Gasteiger partial charge in [-0.15, -0.1) is 0 Å². The van der Waals surface area contributed by atoms with E-state index >= 15 is 0 Å². The third kappa shape index (κ3) is 1.27. The molecular formula is C9H7BrN2O. The standard InChI is InChI=1S/C9H7BrN2O/c1-6(13)12-3-2-7-8(10)4-11-5-9(7)12/h2-5H,1H3. The fourth-order valence-electron chi connectivity index (χ4n) is 1.30. The van der Waals surface area contributed by atoms with E-state index in [1.54, 1.807) is 23.2 Å². The number of rotatable bonds is 0. The van der Waals surface area contributed by atoms with Gasteiger partial charge in [0.1, 0.15) is 0 Å². The van der Waals surface area contributed by atoms with Crippen LogP contribution in [0.25, 0.3) is 10.9 Å². The molecule has 0 aromatic carbocycles. The van der Waals surface area contributed by atoms with Gasteiger partial charge in [0.05, 0.1) is 11.7 Å². The van der Waals surface area contributed by atoms with E-state index in [1.165, 1.54) is 6.92 Å². The largest absolute Gasteiger partial charge is 0.286 e. The van der Waals surface area contributed by atoms with Crippen LogP contribution in [0.3, 0.4) is 0 Å². The van der Waals surface area contributed by atoms with Crippen molar-refractivity contribution in [3.05, 3.63) is 29.1 Å². The van der Waals surface area contributed by atoms with Gasteiger partial charge in [-0.3, -0.25) is 14.3 Å². The molecule has 0 N–H and O–H groups in total. The van der Waals surface area contributed by atoms with Crippen LogP contribution in [0, 0.1) is 0 Å². The molecule has 3 nitrogen and oxygen atoms in total. The maximum absolute atomic E-state index is 11.2. The molecule has 66 valence electrons. The van der Waals surface area contributed by atoms with E-state index in [0.29, 0.717) is 0 Å². The SMILES string of the molecule is CC(=O)n1ccc2c(Br)cncc21. The molecule has 0 atom stereocenters. The molecule has 2 aromatic rings. The van der Waals surface area contributed by atoms with E-state index in [-0.39, 0.29) is 5.91 Å². The van der Waals surface area contributed by atoms with Crippen molar-refractivity contribution < 1.29 is 4.79 Å². The minimum Gasteiger partial charge on any atom is -0.286 e. The summed E-state index contributed by atoms with van der Waals surface area (Å²) in [6.45, 7) is 1.53. The van der Waals surface area contributed by atoms with E-state index in [1.807, 2.05) is 6.07 Å². The van der Waals surface area contributed by atoms with E-state index in [0.717, 1.165) is 15.4 Å². The van der Waals surface area contributed by atoms with Gasteiger partial charge in [0, 0.05) is 29.2 Å². The number of pyridine rings is 1. The highest BCUT2D eigenvalue weighted by Gasteiger charge is 2.06. The van der Waals surface area contributed by atoms with Gasteiger partial charge >= 0.3 is 0 Å². The number of carbonyl (C=O) groups is 1. The Bertz CT molecular complexity index is 475. The molecule has 0 radical (unpaired) electrons. The van der Waals surface area contributed by atoms with Crippen molar-refractivity contribution in [1.82, 2.24) is 9.55 Å². The first kappa shape index (κ1) is 8.44. The van der Waals surface area contributed by atoms with Crippen molar-refractivity contribution in [2.75, 3.05) is 0 Å². The lowest BCUT2D eigenvalue weighted by molar-refractivity contribution is 0.0941. The summed E-state index contributed by atoms with van der Waals surface area (Å²) in [5.74, 6) is -0.00472. The fraction of sp³-hybridized carbons (Fsp3) is 0.111. The van der Waals surface area contributed by atoms with Crippen LogP contribution < -0.4 is 0 Å². The van der Waals surface area contributed by atoms with E-state index in [9.17, 15) is 4.79 Å². The van der Waals surface area contributed by atoms with Crippen LogP contribution in [0.15, 0.2) is 29.1 Å². The van der Waals surface area contributed by atoms with Gasteiger partial charge in [0.15, 0.2) is 0 Å². The second kappa shape index (κ2) is 2.96. The average molecular weight is 239 g/mol. The lowest BCUT2D eigenvalue weighted by Gasteiger charge is -1.98. The predicted octanol–water partition coefficient (Wildman–Crippen LogP) is 2.46. The first-order valence-electron chi connectivity index (χ1n) is 3.81. The number of hydrogen-bond acceptors (Lipinski definition) is 2. The zero-order chi connectivity index (χ0) is 9.42. The highest BCUT2D eigenvalue weighted by Crippen LogP contribution is 2.23. The second-order valence-corrected chi connectivity index (χ2v) is 3.61. The lowest BCUT2D eigenvalue weighted by atomic mass is 10.3. The molecule has 0 saturated heterocycles. The van der Waals surface area contributed by atoms with Crippen molar-refractivity contribution in [2.45, 2.75) is 6.92 Å². The summed E-state index contributed by atoms with van der Waals surface area (Å²) in [6, 6.07) is 1.89. The van der Waals surface area contributed by atoms with Crippen molar-refractivity contribution in [1.29, 1.82) is 0 Å². The topological polar surface area (TPSA) is 34.9 Å². The van der Waals surface area contributed by atoms with Crippen molar-refractivity contribution in [3.8, 4) is 0 Å². The minimum atomic E-state index is -0.00472. The van der Waals surface area contributed by atoms with Crippen LogP contribution in [0.5, 0.6) is 0 Å². The molecule has 0 unspecified atom stereocenters. The molecule has 0 bridgehead atoms. The molecule has 0 aliphatic heterocycles. The van der Waals surface area contributed by atoms with Crippen LogP contribution in [0.4, 0.5) is 0 Å². The number of fused-ring (bicyclic) bond motifs is 1. The van der Waals surface area contributed by atoms with Crippen LogP contribution in [0.2, 0.25) is 0 Å². The Morgan fingerprint density at radius 2 is 2.31 bits per heavy atom. The molecular weight excluding hydrogens is 232 g/mol. The van der Waals surface area contributed by atoms with Crippen LogP contribution in [-0.4, -0.2) is 15.5 Å². The zero-order valence-corrected chi connectivity index (χ0v) is 8.58. The van der Waals surface area contributed by atoms with Crippen molar-refractivity contribution >= 4 is 32.7 Å². The molecule has 2 aromatic heterocycles. The quantitative estimate of drug-likeness (QED) is 0.707. The van der Waals surface area contributed by atoms with Crippen molar-refractivity contribution in [2.24, 2.45) is 0 Å². The predicted molar refractivity (Wildman–Crippen MR) is 53.7 cm³/mol. The molecule has 13 heavy (non-hydrogen) atoms. The van der Waals surface area contributed by atoms with Gasteiger partial charge in [0.2, 0.25) is 5.91 Å². The smallest absolute Gasteiger partial charge is 0.227 e. The maximum Gasteiger partial charge on any atom is 0.227 e. The molecule has 0 spiro atoms. The highest BCUT2D eigenvalue weighted by molar-refractivity contribution is 9.10. The highest BCUT2D eigenvalue weighted by atomic mass is 79.9. The molecule has 0 amide bonds. The normalized spacial score (nSPS) is 10.6. The second-order valence-electron chi connectivity index (χ2n) is 2.76. The van der Waals surface area contributed by atoms with Crippen LogP contribution >= 0.6 is 15.9 Å². The maximum atomic E-state index is 11.2. The van der Waals surface area contributed by atoms with Gasteiger partial charge < -0.3 is 0 Å². The fourth-order valence-corrected chi connectivity index (χ4v) is 1.75. The number of nitrogens with zero attached hydrogens (tertiary/aromatic N) is 2. The summed E-state index contributed by atoms with van der Waals surface area (Å²) >= 11 is 3.37. The van der Waals surface area contributed by atoms with E-state index < -0.39 is 0 Å². The number of carbonyl (C=O) groups excluding carboxylic acids is 1. The average Bonchev–Trinajstić information content (AvgIpc) is 2.48. The summed E-state index contributed by atoms with van der Waals surface area (Å²) < 4.78 is 2.48. The Balaban J connectivity index is 2.83. The molecule has 0 aliphatic rings. The molecule has 0 aliphatic carbocycles. The first-order chi connectivity index (χ1) is 6.20. The van der Waals surface area contributed by atoms with Crippen LogP contribution in [0.1, 0.15) is 11.7 Å². The van der Waals surface area contributed by atoms with Gasteiger partial charge in [-0.1, -0.05) is 0 Å². The first-order valence-corrected chi connectivity index (χ1v) is 4.61. The Morgan fingerprint density at radius 1 is 1.54 bits per heavy atom. The third-order valence-corrected chi connectivity index (χ3v) is 2.54. The Labute approximate surface area is 83.5 Å². The molecule has 2 rings (SSSR count). The Hall–Kier alpha value is -1.16. The molecule has 0 fully saturated rings. The minimum absolute atomic E-state index is 0.00472. The third-order valence-electron chi connectivity index (χ3n) is 1.91. The number of halogens is 1. The van der Waals surface area contributed by atoms with Crippen LogP contribution in [-0.2, 0) is 0 Å². The summed E-state index contributed by atoms with van der Waals surface area (Å²) in [7, 11) is 0. The summed E-state index contributed by atoms with van der Waals surface area (Å²) in [4.78, 5) is 15.2. The van der Waals surface area contributed by atoms with Crippen molar-refractivity contribution in [3.63, 3.8) is 0 Å². The van der Waals surface area contributed by atoms with Gasteiger partial charge in [-0.2, -0.15) is 0 Å².